The van der Waals surface area contributed by atoms with Gasteiger partial charge in [0.05, 0.1) is 28.9 Å². The molecule has 0 N–H and O–H groups in total. The molecule has 90 valence electrons. The van der Waals surface area contributed by atoms with Gasteiger partial charge in [0.1, 0.15) is 6.54 Å². The highest BCUT2D eigenvalue weighted by Crippen LogP contribution is 2.25. The van der Waals surface area contributed by atoms with Crippen LogP contribution in [0.5, 0.6) is 0 Å². The van der Waals surface area contributed by atoms with Crippen molar-refractivity contribution in [3.05, 3.63) is 28.8 Å². The molecule has 0 radical (unpaired) electrons. The van der Waals surface area contributed by atoms with Gasteiger partial charge in [-0.3, -0.25) is 4.79 Å². The van der Waals surface area contributed by atoms with Gasteiger partial charge in [0.15, 0.2) is 0 Å². The van der Waals surface area contributed by atoms with E-state index < -0.39 is 0 Å². The molecular weight excluding hydrogens is 240 g/mol. The topological polar surface area (TPSA) is 53.3 Å². The Morgan fingerprint density at radius 1 is 1.59 bits per heavy atom. The standard InChI is InChI=1S/C12H13ClN2O2/c1-3-17-12(16)8-15(2)11-5-4-9(7-14)6-10(11)13/h4-6H,3,8H2,1-2H3. The minimum atomic E-state index is -0.310. The fraction of sp³-hybridized carbons (Fsp3) is 0.333. The molecule has 0 atom stereocenters. The number of esters is 1. The molecule has 0 saturated carbocycles. The van der Waals surface area contributed by atoms with E-state index in [1.54, 1.807) is 37.1 Å². The van der Waals surface area contributed by atoms with Crippen LogP contribution >= 0.6 is 11.6 Å². The van der Waals surface area contributed by atoms with Crippen molar-refractivity contribution in [3.63, 3.8) is 0 Å². The van der Waals surface area contributed by atoms with Crippen LogP contribution in [0.3, 0.4) is 0 Å². The molecule has 0 spiro atoms. The lowest BCUT2D eigenvalue weighted by atomic mass is 10.2. The average molecular weight is 253 g/mol. The van der Waals surface area contributed by atoms with Crippen molar-refractivity contribution in [2.24, 2.45) is 0 Å². The summed E-state index contributed by atoms with van der Waals surface area (Å²) in [7, 11) is 1.74. The van der Waals surface area contributed by atoms with Crippen molar-refractivity contribution < 1.29 is 9.53 Å². The van der Waals surface area contributed by atoms with Crippen LogP contribution in [-0.2, 0) is 9.53 Å². The molecule has 0 aliphatic rings. The molecule has 1 aromatic rings. The second-order valence-corrected chi connectivity index (χ2v) is 3.85. The van der Waals surface area contributed by atoms with E-state index in [-0.39, 0.29) is 12.5 Å². The number of carbonyl (C=O) groups is 1. The minimum absolute atomic E-state index is 0.124. The first-order valence-electron chi connectivity index (χ1n) is 5.15. The Morgan fingerprint density at radius 2 is 2.29 bits per heavy atom. The van der Waals surface area contributed by atoms with Crippen LogP contribution in [0.1, 0.15) is 12.5 Å². The number of anilines is 1. The summed E-state index contributed by atoms with van der Waals surface area (Å²) in [5.41, 5.74) is 1.18. The summed E-state index contributed by atoms with van der Waals surface area (Å²) in [4.78, 5) is 13.0. The Bertz CT molecular complexity index is 454. The quantitative estimate of drug-likeness (QED) is 0.771. The monoisotopic (exact) mass is 252 g/mol. The van der Waals surface area contributed by atoms with Gasteiger partial charge < -0.3 is 9.64 Å². The predicted molar refractivity (Wildman–Crippen MR) is 66.1 cm³/mol. The van der Waals surface area contributed by atoms with E-state index in [9.17, 15) is 4.79 Å². The number of ether oxygens (including phenoxy) is 1. The Hall–Kier alpha value is -1.73. The maximum atomic E-state index is 11.3. The third kappa shape index (κ3) is 3.65. The van der Waals surface area contributed by atoms with E-state index >= 15 is 0 Å². The van der Waals surface area contributed by atoms with Crippen molar-refractivity contribution in [1.29, 1.82) is 5.26 Å². The summed E-state index contributed by atoms with van der Waals surface area (Å²) in [5, 5.41) is 9.15. The van der Waals surface area contributed by atoms with Crippen LogP contribution in [0.4, 0.5) is 5.69 Å². The van der Waals surface area contributed by atoms with Gasteiger partial charge in [0.25, 0.3) is 0 Å². The Labute approximate surface area is 105 Å². The number of nitrogens with zero attached hydrogens (tertiary/aromatic N) is 2. The van der Waals surface area contributed by atoms with Crippen molar-refractivity contribution in [2.45, 2.75) is 6.92 Å². The van der Waals surface area contributed by atoms with Gasteiger partial charge in [-0.2, -0.15) is 5.26 Å². The molecule has 0 aliphatic heterocycles. The van der Waals surface area contributed by atoms with Crippen LogP contribution in [0.2, 0.25) is 5.02 Å². The fourth-order valence-corrected chi connectivity index (χ4v) is 1.70. The fourth-order valence-electron chi connectivity index (χ4n) is 1.37. The number of benzene rings is 1. The van der Waals surface area contributed by atoms with Crippen LogP contribution < -0.4 is 4.90 Å². The maximum absolute atomic E-state index is 11.3. The van der Waals surface area contributed by atoms with Gasteiger partial charge in [-0.25, -0.2) is 0 Å². The number of hydrogen-bond donors (Lipinski definition) is 0. The van der Waals surface area contributed by atoms with Crippen molar-refractivity contribution in [1.82, 2.24) is 0 Å². The largest absolute Gasteiger partial charge is 0.465 e. The molecule has 1 aromatic carbocycles. The normalized spacial score (nSPS) is 9.53. The van der Waals surface area contributed by atoms with Gasteiger partial charge in [-0.1, -0.05) is 11.6 Å². The molecule has 0 bridgehead atoms. The molecule has 5 heteroatoms. The zero-order chi connectivity index (χ0) is 12.8. The van der Waals surface area contributed by atoms with E-state index in [1.165, 1.54) is 0 Å². The number of rotatable bonds is 4. The first kappa shape index (κ1) is 13.3. The smallest absolute Gasteiger partial charge is 0.325 e. The van der Waals surface area contributed by atoms with Crippen LogP contribution in [0.15, 0.2) is 18.2 Å². The summed E-state index contributed by atoms with van der Waals surface area (Å²) in [6.45, 7) is 2.24. The van der Waals surface area contributed by atoms with E-state index in [2.05, 4.69) is 0 Å². The summed E-state index contributed by atoms with van der Waals surface area (Å²) < 4.78 is 4.84. The summed E-state index contributed by atoms with van der Waals surface area (Å²) in [6, 6.07) is 6.93. The molecule has 4 nitrogen and oxygen atoms in total. The molecule has 0 aromatic heterocycles. The number of likely N-dealkylation sites (N-methyl/N-ethyl adjacent to an activating group) is 1. The maximum Gasteiger partial charge on any atom is 0.325 e. The number of carbonyl (C=O) groups excluding carboxylic acids is 1. The highest BCUT2D eigenvalue weighted by atomic mass is 35.5. The van der Waals surface area contributed by atoms with E-state index in [1.807, 2.05) is 6.07 Å². The lowest BCUT2D eigenvalue weighted by Gasteiger charge is -2.19. The lowest BCUT2D eigenvalue weighted by Crippen LogP contribution is -2.27. The van der Waals surface area contributed by atoms with Gasteiger partial charge in [-0.05, 0) is 25.1 Å². The molecule has 0 fully saturated rings. The summed E-state index contributed by atoms with van der Waals surface area (Å²) in [6.07, 6.45) is 0. The van der Waals surface area contributed by atoms with Crippen LogP contribution in [0.25, 0.3) is 0 Å². The molecular formula is C12H13ClN2O2. The third-order valence-electron chi connectivity index (χ3n) is 2.16. The molecule has 0 amide bonds. The predicted octanol–water partition coefficient (Wildman–Crippen LogP) is 2.21. The van der Waals surface area contributed by atoms with Crippen molar-refractivity contribution in [3.8, 4) is 6.07 Å². The summed E-state index contributed by atoms with van der Waals surface area (Å²) >= 11 is 6.02. The van der Waals surface area contributed by atoms with Gasteiger partial charge in [0.2, 0.25) is 0 Å². The van der Waals surface area contributed by atoms with Gasteiger partial charge in [-0.15, -0.1) is 0 Å². The van der Waals surface area contributed by atoms with E-state index in [4.69, 9.17) is 21.6 Å². The Balaban J connectivity index is 2.79. The zero-order valence-electron chi connectivity index (χ0n) is 9.74. The minimum Gasteiger partial charge on any atom is -0.465 e. The first-order valence-corrected chi connectivity index (χ1v) is 5.52. The van der Waals surface area contributed by atoms with Crippen LogP contribution in [-0.4, -0.2) is 26.2 Å². The van der Waals surface area contributed by atoms with Gasteiger partial charge in [0, 0.05) is 7.05 Å². The zero-order valence-corrected chi connectivity index (χ0v) is 10.5. The molecule has 0 unspecified atom stereocenters. The molecule has 17 heavy (non-hydrogen) atoms. The lowest BCUT2D eigenvalue weighted by molar-refractivity contribution is -0.141. The average Bonchev–Trinajstić information content (AvgIpc) is 2.28. The van der Waals surface area contributed by atoms with E-state index in [0.29, 0.717) is 22.9 Å². The molecule has 1 rings (SSSR count). The SMILES string of the molecule is CCOC(=O)CN(C)c1ccc(C#N)cc1Cl. The summed E-state index contributed by atoms with van der Waals surface area (Å²) in [5.74, 6) is -0.310. The third-order valence-corrected chi connectivity index (χ3v) is 2.46. The number of halogens is 1. The Morgan fingerprint density at radius 3 is 2.82 bits per heavy atom. The van der Waals surface area contributed by atoms with E-state index in [0.717, 1.165) is 0 Å². The number of nitriles is 1. The second kappa shape index (κ2) is 6.12. The molecule has 0 heterocycles. The number of hydrogen-bond acceptors (Lipinski definition) is 4. The highest BCUT2D eigenvalue weighted by Gasteiger charge is 2.11. The van der Waals surface area contributed by atoms with Crippen molar-refractivity contribution >= 4 is 23.3 Å². The van der Waals surface area contributed by atoms with Gasteiger partial charge >= 0.3 is 5.97 Å². The molecule has 0 saturated heterocycles. The molecule has 0 aliphatic carbocycles. The second-order valence-electron chi connectivity index (χ2n) is 3.44. The Kier molecular flexibility index (Phi) is 4.80. The van der Waals surface area contributed by atoms with Crippen molar-refractivity contribution in [2.75, 3.05) is 25.1 Å². The first-order chi connectivity index (χ1) is 8.08. The highest BCUT2D eigenvalue weighted by molar-refractivity contribution is 6.33. The van der Waals surface area contributed by atoms with Crippen LogP contribution in [0, 0.1) is 11.3 Å².